The van der Waals surface area contributed by atoms with Gasteiger partial charge in [0.25, 0.3) is 5.91 Å². The zero-order valence-corrected chi connectivity index (χ0v) is 13.2. The van der Waals surface area contributed by atoms with E-state index in [4.69, 9.17) is 4.74 Å². The third-order valence-corrected chi connectivity index (χ3v) is 3.69. The fourth-order valence-corrected chi connectivity index (χ4v) is 2.08. The van der Waals surface area contributed by atoms with Gasteiger partial charge in [0.2, 0.25) is 0 Å². The van der Waals surface area contributed by atoms with E-state index in [-0.39, 0.29) is 11.3 Å². The van der Waals surface area contributed by atoms with Crippen molar-refractivity contribution in [2.45, 2.75) is 25.8 Å². The van der Waals surface area contributed by atoms with Gasteiger partial charge >= 0.3 is 5.97 Å². The first-order valence-electron chi connectivity index (χ1n) is 7.11. The highest BCUT2D eigenvalue weighted by atomic mass is 19.1. The summed E-state index contributed by atoms with van der Waals surface area (Å²) in [6, 6.07) is 5.71. The standard InChI is InChI=1S/C16H18FN3O3/c1-4-16(2,15(22)23-3)19-14(21)11-6-7-13(12(17)10-11)20-9-5-8-18-20/h5-10H,4H2,1-3H3,(H,19,21)/t16-/m1/s1. The first kappa shape index (κ1) is 16.7. The summed E-state index contributed by atoms with van der Waals surface area (Å²) in [6.07, 6.45) is 3.48. The number of rotatable bonds is 5. The summed E-state index contributed by atoms with van der Waals surface area (Å²) in [5, 5.41) is 6.53. The van der Waals surface area contributed by atoms with E-state index >= 15 is 0 Å². The molecule has 1 heterocycles. The maximum absolute atomic E-state index is 14.2. The Kier molecular flexibility index (Phi) is 4.78. The molecule has 0 aliphatic carbocycles. The van der Waals surface area contributed by atoms with Crippen LogP contribution in [0.2, 0.25) is 0 Å². The van der Waals surface area contributed by atoms with Gasteiger partial charge in [0, 0.05) is 18.0 Å². The summed E-state index contributed by atoms with van der Waals surface area (Å²) in [4.78, 5) is 24.1. The minimum Gasteiger partial charge on any atom is -0.467 e. The largest absolute Gasteiger partial charge is 0.467 e. The predicted octanol–water partition coefficient (Wildman–Crippen LogP) is 2.08. The Morgan fingerprint density at radius 1 is 1.43 bits per heavy atom. The normalized spacial score (nSPS) is 13.2. The Morgan fingerprint density at radius 2 is 2.17 bits per heavy atom. The van der Waals surface area contributed by atoms with Crippen molar-refractivity contribution in [1.29, 1.82) is 0 Å². The lowest BCUT2D eigenvalue weighted by Gasteiger charge is -2.26. The lowest BCUT2D eigenvalue weighted by molar-refractivity contribution is -0.147. The highest BCUT2D eigenvalue weighted by Crippen LogP contribution is 2.17. The van der Waals surface area contributed by atoms with E-state index in [0.717, 1.165) is 6.07 Å². The zero-order valence-electron chi connectivity index (χ0n) is 13.2. The molecule has 0 saturated heterocycles. The number of aromatic nitrogens is 2. The van der Waals surface area contributed by atoms with Gasteiger partial charge in [0.15, 0.2) is 0 Å². The maximum Gasteiger partial charge on any atom is 0.331 e. The number of hydrogen-bond acceptors (Lipinski definition) is 4. The van der Waals surface area contributed by atoms with Crippen molar-refractivity contribution < 1.29 is 18.7 Å². The molecule has 1 aromatic heterocycles. The molecule has 0 aliphatic rings. The van der Waals surface area contributed by atoms with E-state index in [2.05, 4.69) is 10.4 Å². The Morgan fingerprint density at radius 3 is 2.70 bits per heavy atom. The lowest BCUT2D eigenvalue weighted by atomic mass is 9.98. The van der Waals surface area contributed by atoms with Crippen molar-refractivity contribution in [3.63, 3.8) is 0 Å². The number of methoxy groups -OCH3 is 1. The number of carbonyl (C=O) groups is 2. The molecule has 2 aromatic rings. The molecular weight excluding hydrogens is 301 g/mol. The number of hydrogen-bond donors (Lipinski definition) is 1. The molecule has 2 rings (SSSR count). The fourth-order valence-electron chi connectivity index (χ4n) is 2.08. The molecule has 23 heavy (non-hydrogen) atoms. The summed E-state index contributed by atoms with van der Waals surface area (Å²) in [5.74, 6) is -1.69. The lowest BCUT2D eigenvalue weighted by Crippen LogP contribution is -2.52. The van der Waals surface area contributed by atoms with Crippen molar-refractivity contribution in [1.82, 2.24) is 15.1 Å². The van der Waals surface area contributed by atoms with Gasteiger partial charge in [-0.3, -0.25) is 4.79 Å². The molecule has 7 heteroatoms. The molecule has 0 fully saturated rings. The smallest absolute Gasteiger partial charge is 0.331 e. The van der Waals surface area contributed by atoms with Gasteiger partial charge in [0.05, 0.1) is 7.11 Å². The molecule has 0 unspecified atom stereocenters. The van der Waals surface area contributed by atoms with E-state index in [1.807, 2.05) is 0 Å². The summed E-state index contributed by atoms with van der Waals surface area (Å²) in [5.41, 5.74) is -0.817. The van der Waals surface area contributed by atoms with E-state index in [0.29, 0.717) is 6.42 Å². The first-order chi connectivity index (χ1) is 10.9. The molecule has 0 radical (unpaired) electrons. The van der Waals surface area contributed by atoms with Gasteiger partial charge < -0.3 is 10.1 Å². The second kappa shape index (κ2) is 6.60. The summed E-state index contributed by atoms with van der Waals surface area (Å²) < 4.78 is 20.2. The van der Waals surface area contributed by atoms with Crippen molar-refractivity contribution >= 4 is 11.9 Å². The SMILES string of the molecule is CC[C@@](C)(NC(=O)c1ccc(-n2cccn2)c(F)c1)C(=O)OC. The van der Waals surface area contributed by atoms with Gasteiger partial charge in [-0.25, -0.2) is 13.9 Å². The number of nitrogens with one attached hydrogen (secondary N) is 1. The van der Waals surface area contributed by atoms with Gasteiger partial charge in [0.1, 0.15) is 17.0 Å². The van der Waals surface area contributed by atoms with Crippen molar-refractivity contribution in [2.75, 3.05) is 7.11 Å². The summed E-state index contributed by atoms with van der Waals surface area (Å²) in [7, 11) is 1.25. The minimum absolute atomic E-state index is 0.113. The van der Waals surface area contributed by atoms with Gasteiger partial charge in [-0.05, 0) is 37.6 Å². The van der Waals surface area contributed by atoms with Crippen LogP contribution in [0.25, 0.3) is 5.69 Å². The number of esters is 1. The summed E-state index contributed by atoms with van der Waals surface area (Å²) >= 11 is 0. The van der Waals surface area contributed by atoms with E-state index < -0.39 is 23.2 Å². The molecular formula is C16H18FN3O3. The van der Waals surface area contributed by atoms with Crippen LogP contribution < -0.4 is 5.32 Å². The molecule has 1 N–H and O–H groups in total. The minimum atomic E-state index is -1.16. The van der Waals surface area contributed by atoms with Crippen LogP contribution in [-0.4, -0.2) is 34.3 Å². The number of amides is 1. The van der Waals surface area contributed by atoms with Crippen molar-refractivity contribution in [3.05, 3.63) is 48.0 Å². The quantitative estimate of drug-likeness (QED) is 0.856. The highest BCUT2D eigenvalue weighted by molar-refractivity contribution is 5.98. The molecule has 1 atom stereocenters. The molecule has 1 amide bonds. The second-order valence-corrected chi connectivity index (χ2v) is 5.25. The maximum atomic E-state index is 14.2. The number of carbonyl (C=O) groups excluding carboxylic acids is 2. The average molecular weight is 319 g/mol. The van der Waals surface area contributed by atoms with Crippen molar-refractivity contribution in [2.24, 2.45) is 0 Å². The fraction of sp³-hybridized carbons (Fsp3) is 0.312. The third kappa shape index (κ3) is 3.39. The average Bonchev–Trinajstić information content (AvgIpc) is 3.07. The summed E-state index contributed by atoms with van der Waals surface area (Å²) in [6.45, 7) is 3.31. The number of benzene rings is 1. The van der Waals surface area contributed by atoms with Crippen molar-refractivity contribution in [3.8, 4) is 5.69 Å². The monoisotopic (exact) mass is 319 g/mol. The number of nitrogens with zero attached hydrogens (tertiary/aromatic N) is 2. The van der Waals surface area contributed by atoms with Crippen LogP contribution in [0.1, 0.15) is 30.6 Å². The molecule has 6 nitrogen and oxygen atoms in total. The number of halogens is 1. The van der Waals surface area contributed by atoms with Crippen LogP contribution in [0, 0.1) is 5.82 Å². The van der Waals surface area contributed by atoms with Crippen LogP contribution in [-0.2, 0) is 9.53 Å². The van der Waals surface area contributed by atoms with Crippen LogP contribution in [0.15, 0.2) is 36.7 Å². The van der Waals surface area contributed by atoms with Crippen LogP contribution in [0.4, 0.5) is 4.39 Å². The number of ether oxygens (including phenoxy) is 1. The van der Waals surface area contributed by atoms with Crippen LogP contribution >= 0.6 is 0 Å². The zero-order chi connectivity index (χ0) is 17.0. The molecule has 0 spiro atoms. The molecule has 0 saturated carbocycles. The Balaban J connectivity index is 2.24. The Labute approximate surface area is 133 Å². The van der Waals surface area contributed by atoms with Crippen LogP contribution in [0.5, 0.6) is 0 Å². The molecule has 1 aromatic carbocycles. The van der Waals surface area contributed by atoms with Gasteiger partial charge in [-0.2, -0.15) is 5.10 Å². The molecule has 0 aliphatic heterocycles. The predicted molar refractivity (Wildman–Crippen MR) is 81.7 cm³/mol. The van der Waals surface area contributed by atoms with Gasteiger partial charge in [-0.15, -0.1) is 0 Å². The molecule has 0 bridgehead atoms. The Bertz CT molecular complexity index is 715. The molecule has 122 valence electrons. The first-order valence-corrected chi connectivity index (χ1v) is 7.11. The van der Waals surface area contributed by atoms with E-state index in [9.17, 15) is 14.0 Å². The van der Waals surface area contributed by atoms with Crippen LogP contribution in [0.3, 0.4) is 0 Å². The third-order valence-electron chi connectivity index (χ3n) is 3.69. The van der Waals surface area contributed by atoms with E-state index in [1.165, 1.54) is 30.1 Å². The van der Waals surface area contributed by atoms with E-state index in [1.54, 1.807) is 26.1 Å². The Hall–Kier alpha value is -2.70. The second-order valence-electron chi connectivity index (χ2n) is 5.25. The highest BCUT2D eigenvalue weighted by Gasteiger charge is 2.34. The van der Waals surface area contributed by atoms with Gasteiger partial charge in [-0.1, -0.05) is 6.92 Å². The topological polar surface area (TPSA) is 73.2 Å².